The Morgan fingerprint density at radius 2 is 2.38 bits per heavy atom. The molecular weight excluding hydrogens is 219 g/mol. The van der Waals surface area contributed by atoms with Crippen LogP contribution in [0, 0.1) is 0 Å². The first-order valence-corrected chi connectivity index (χ1v) is 4.83. The van der Waals surface area contributed by atoms with Gasteiger partial charge in [0.15, 0.2) is 0 Å². The Labute approximate surface area is 89.3 Å². The summed E-state index contributed by atoms with van der Waals surface area (Å²) in [4.78, 5) is 24.2. The van der Waals surface area contributed by atoms with Gasteiger partial charge >= 0.3 is 5.69 Å². The van der Waals surface area contributed by atoms with Crippen molar-refractivity contribution in [2.45, 2.75) is 24.9 Å². The fourth-order valence-electron chi connectivity index (χ4n) is 1.68. The van der Waals surface area contributed by atoms with E-state index in [0.717, 1.165) is 10.6 Å². The van der Waals surface area contributed by atoms with Crippen molar-refractivity contribution in [2.75, 3.05) is 6.61 Å². The average Bonchev–Trinajstić information content (AvgIpc) is 2.59. The Kier molecular flexibility index (Phi) is 2.88. The van der Waals surface area contributed by atoms with Gasteiger partial charge in [-0.2, -0.15) is 0 Å². The summed E-state index contributed by atoms with van der Waals surface area (Å²) < 4.78 is 19.5. The quantitative estimate of drug-likeness (QED) is 0.693. The van der Waals surface area contributed by atoms with Gasteiger partial charge in [-0.05, 0) is 0 Å². The second-order valence-corrected chi connectivity index (χ2v) is 3.58. The van der Waals surface area contributed by atoms with Crippen LogP contribution in [0.1, 0.15) is 12.6 Å². The van der Waals surface area contributed by atoms with Gasteiger partial charge in [0.2, 0.25) is 0 Å². The number of aliphatic hydroxyl groups excluding tert-OH is 1. The van der Waals surface area contributed by atoms with Crippen LogP contribution in [0.4, 0.5) is 4.39 Å². The van der Waals surface area contributed by atoms with Crippen molar-refractivity contribution in [1.29, 1.82) is 0 Å². The molecule has 1 aliphatic rings. The highest BCUT2D eigenvalue weighted by molar-refractivity contribution is 4.88. The molecule has 7 heteroatoms. The Bertz CT molecular complexity index is 483. The van der Waals surface area contributed by atoms with Gasteiger partial charge in [-0.1, -0.05) is 0 Å². The number of hydrogen-bond donors (Lipinski definition) is 2. The molecule has 3 atom stereocenters. The summed E-state index contributed by atoms with van der Waals surface area (Å²) in [6, 6.07) is 1.16. The van der Waals surface area contributed by atoms with E-state index in [1.165, 1.54) is 6.20 Å². The Morgan fingerprint density at radius 1 is 1.62 bits per heavy atom. The van der Waals surface area contributed by atoms with Gasteiger partial charge in [0.05, 0.1) is 6.61 Å². The number of aliphatic hydroxyl groups is 1. The molecule has 0 aromatic carbocycles. The summed E-state index contributed by atoms with van der Waals surface area (Å²) in [6.45, 7) is -0.435. The van der Waals surface area contributed by atoms with Crippen LogP contribution < -0.4 is 11.2 Å². The monoisotopic (exact) mass is 230 g/mol. The molecule has 1 aromatic heterocycles. The van der Waals surface area contributed by atoms with Crippen molar-refractivity contribution in [3.63, 3.8) is 0 Å². The fourth-order valence-corrected chi connectivity index (χ4v) is 1.68. The highest BCUT2D eigenvalue weighted by Gasteiger charge is 2.36. The van der Waals surface area contributed by atoms with Gasteiger partial charge < -0.3 is 9.84 Å². The van der Waals surface area contributed by atoms with Crippen LogP contribution in [0.25, 0.3) is 0 Å². The van der Waals surface area contributed by atoms with Crippen LogP contribution in [-0.2, 0) is 4.74 Å². The first kappa shape index (κ1) is 11.0. The third-order valence-corrected chi connectivity index (χ3v) is 2.50. The molecule has 0 amide bonds. The van der Waals surface area contributed by atoms with Gasteiger partial charge in [0, 0.05) is 18.7 Å². The van der Waals surface area contributed by atoms with Crippen molar-refractivity contribution in [3.05, 3.63) is 33.1 Å². The molecule has 0 bridgehead atoms. The number of alkyl halides is 1. The molecule has 6 nitrogen and oxygen atoms in total. The van der Waals surface area contributed by atoms with Crippen LogP contribution in [0.15, 0.2) is 21.9 Å². The van der Waals surface area contributed by atoms with Crippen molar-refractivity contribution in [3.8, 4) is 0 Å². The number of hydrogen-bond acceptors (Lipinski definition) is 4. The minimum Gasteiger partial charge on any atom is -0.394 e. The van der Waals surface area contributed by atoms with E-state index in [1.54, 1.807) is 0 Å². The minimum atomic E-state index is -1.31. The van der Waals surface area contributed by atoms with Crippen molar-refractivity contribution in [1.82, 2.24) is 9.55 Å². The molecule has 2 N–H and O–H groups in total. The molecule has 2 heterocycles. The first-order chi connectivity index (χ1) is 7.61. The SMILES string of the molecule is O=c1ccn([C@@H]2C[C@@H](F)[C@H](CO)O2)c(=O)[nH]1. The highest BCUT2D eigenvalue weighted by Crippen LogP contribution is 2.29. The molecule has 0 saturated carbocycles. The molecule has 1 fully saturated rings. The molecular formula is C9H11FN2O4. The minimum absolute atomic E-state index is 0.0167. The zero-order valence-corrected chi connectivity index (χ0v) is 8.30. The second-order valence-electron chi connectivity index (χ2n) is 3.58. The Morgan fingerprint density at radius 3 is 2.94 bits per heavy atom. The third kappa shape index (κ3) is 1.91. The van der Waals surface area contributed by atoms with Crippen LogP contribution in [0.5, 0.6) is 0 Å². The lowest BCUT2D eigenvalue weighted by molar-refractivity contribution is -0.0356. The molecule has 0 spiro atoms. The predicted octanol–water partition coefficient (Wildman–Crippen LogP) is -0.845. The predicted molar refractivity (Wildman–Crippen MR) is 51.8 cm³/mol. The van der Waals surface area contributed by atoms with Gasteiger partial charge in [-0.15, -0.1) is 0 Å². The lowest BCUT2D eigenvalue weighted by Gasteiger charge is -2.13. The number of nitrogens with zero attached hydrogens (tertiary/aromatic N) is 1. The maximum absolute atomic E-state index is 13.3. The summed E-state index contributed by atoms with van der Waals surface area (Å²) in [6.07, 6.45) is -1.77. The van der Waals surface area contributed by atoms with E-state index in [2.05, 4.69) is 4.98 Å². The summed E-state index contributed by atoms with van der Waals surface area (Å²) in [5, 5.41) is 8.80. The Hall–Kier alpha value is -1.47. The Balaban J connectivity index is 2.27. The number of rotatable bonds is 2. The van der Waals surface area contributed by atoms with Crippen molar-refractivity contribution in [2.24, 2.45) is 0 Å². The normalized spacial score (nSPS) is 29.5. The second kappa shape index (κ2) is 4.18. The molecule has 0 radical (unpaired) electrons. The standard InChI is InChI=1S/C9H11FN2O4/c10-5-3-8(16-6(5)4-13)12-2-1-7(14)11-9(12)15/h1-2,5-6,8,13H,3-4H2,(H,11,14,15)/t5-,6+,8+/m1/s1. The average molecular weight is 230 g/mol. The number of ether oxygens (including phenoxy) is 1. The summed E-state index contributed by atoms with van der Waals surface area (Å²) in [5.74, 6) is 0. The summed E-state index contributed by atoms with van der Waals surface area (Å²) in [5.41, 5.74) is -1.17. The topological polar surface area (TPSA) is 84.3 Å². The molecule has 16 heavy (non-hydrogen) atoms. The smallest absolute Gasteiger partial charge is 0.330 e. The van der Waals surface area contributed by atoms with Crippen LogP contribution >= 0.6 is 0 Å². The van der Waals surface area contributed by atoms with E-state index in [9.17, 15) is 14.0 Å². The van der Waals surface area contributed by atoms with Crippen molar-refractivity contribution >= 4 is 0 Å². The van der Waals surface area contributed by atoms with Crippen LogP contribution in [-0.4, -0.2) is 33.5 Å². The van der Waals surface area contributed by atoms with E-state index in [4.69, 9.17) is 9.84 Å². The molecule has 88 valence electrons. The molecule has 2 rings (SSSR count). The van der Waals surface area contributed by atoms with Gasteiger partial charge in [-0.25, -0.2) is 9.18 Å². The largest absolute Gasteiger partial charge is 0.394 e. The molecule has 1 saturated heterocycles. The number of aromatic amines is 1. The zero-order chi connectivity index (χ0) is 11.7. The van der Waals surface area contributed by atoms with E-state index < -0.39 is 36.4 Å². The molecule has 0 aliphatic carbocycles. The highest BCUT2D eigenvalue weighted by atomic mass is 19.1. The summed E-state index contributed by atoms with van der Waals surface area (Å²) in [7, 11) is 0. The van der Waals surface area contributed by atoms with Gasteiger partial charge in [-0.3, -0.25) is 14.3 Å². The first-order valence-electron chi connectivity index (χ1n) is 4.83. The number of halogens is 1. The van der Waals surface area contributed by atoms with Gasteiger partial charge in [0.25, 0.3) is 5.56 Å². The number of nitrogens with one attached hydrogen (secondary N) is 1. The lowest BCUT2D eigenvalue weighted by atomic mass is 10.2. The molecule has 1 aromatic rings. The maximum Gasteiger partial charge on any atom is 0.330 e. The maximum atomic E-state index is 13.3. The number of aromatic nitrogens is 2. The van der Waals surface area contributed by atoms with Crippen LogP contribution in [0.3, 0.4) is 0 Å². The van der Waals surface area contributed by atoms with E-state index in [1.807, 2.05) is 0 Å². The van der Waals surface area contributed by atoms with Crippen molar-refractivity contribution < 1.29 is 14.2 Å². The third-order valence-electron chi connectivity index (χ3n) is 2.50. The van der Waals surface area contributed by atoms with Gasteiger partial charge in [0.1, 0.15) is 18.5 Å². The number of H-pyrrole nitrogens is 1. The summed E-state index contributed by atoms with van der Waals surface area (Å²) >= 11 is 0. The fraction of sp³-hybridized carbons (Fsp3) is 0.556. The lowest BCUT2D eigenvalue weighted by Crippen LogP contribution is -2.31. The van der Waals surface area contributed by atoms with E-state index >= 15 is 0 Å². The van der Waals surface area contributed by atoms with E-state index in [0.29, 0.717) is 0 Å². The molecule has 1 aliphatic heterocycles. The zero-order valence-electron chi connectivity index (χ0n) is 8.30. The molecule has 0 unspecified atom stereocenters. The van der Waals surface area contributed by atoms with E-state index in [-0.39, 0.29) is 6.42 Å². The van der Waals surface area contributed by atoms with Crippen LogP contribution in [0.2, 0.25) is 0 Å².